The van der Waals surface area contributed by atoms with E-state index in [2.05, 4.69) is 21.5 Å². The third kappa shape index (κ3) is 2.87. The number of thiophene rings is 1. The summed E-state index contributed by atoms with van der Waals surface area (Å²) in [6.07, 6.45) is 6.15. The normalized spacial score (nSPS) is 17.4. The summed E-state index contributed by atoms with van der Waals surface area (Å²) >= 11 is 1.44. The Balaban J connectivity index is 1.38. The summed E-state index contributed by atoms with van der Waals surface area (Å²) in [6.45, 7) is 0. The molecule has 2 heterocycles. The van der Waals surface area contributed by atoms with Crippen molar-refractivity contribution in [2.45, 2.75) is 44.1 Å². The first-order valence-corrected chi connectivity index (χ1v) is 10.1. The highest BCUT2D eigenvalue weighted by Crippen LogP contribution is 2.39. The number of carbonyl (C=O) groups excluding carboxylic acids is 1. The van der Waals surface area contributed by atoms with E-state index >= 15 is 0 Å². The molecule has 2 aliphatic carbocycles. The van der Waals surface area contributed by atoms with Crippen LogP contribution in [0.5, 0.6) is 0 Å². The maximum atomic E-state index is 12.7. The molecule has 2 aromatic heterocycles. The van der Waals surface area contributed by atoms with Crippen molar-refractivity contribution < 1.29 is 9.32 Å². The van der Waals surface area contributed by atoms with Gasteiger partial charge in [0.1, 0.15) is 5.00 Å². The SMILES string of the molecule is NC1(c2noc(-c3ccsc3NC(=O)c3ccc4c(c3)CCC4)n2)CCC1. The number of amides is 1. The first-order chi connectivity index (χ1) is 13.1. The number of hydrogen-bond acceptors (Lipinski definition) is 6. The van der Waals surface area contributed by atoms with E-state index in [1.807, 2.05) is 23.6 Å². The fraction of sp³-hybridized carbons (Fsp3) is 0.350. The van der Waals surface area contributed by atoms with Crippen molar-refractivity contribution in [2.75, 3.05) is 5.32 Å². The Kier molecular flexibility index (Phi) is 3.87. The third-order valence-electron chi connectivity index (χ3n) is 5.60. The molecular weight excluding hydrogens is 360 g/mol. The maximum absolute atomic E-state index is 12.7. The molecule has 7 heteroatoms. The molecule has 1 saturated carbocycles. The lowest BCUT2D eigenvalue weighted by Gasteiger charge is -2.34. The number of fused-ring (bicyclic) bond motifs is 1. The van der Waals surface area contributed by atoms with Gasteiger partial charge in [-0.25, -0.2) is 0 Å². The Bertz CT molecular complexity index is 1020. The number of nitrogens with zero attached hydrogens (tertiary/aromatic N) is 2. The van der Waals surface area contributed by atoms with Crippen molar-refractivity contribution in [1.29, 1.82) is 0 Å². The van der Waals surface area contributed by atoms with Crippen LogP contribution in [-0.4, -0.2) is 16.0 Å². The molecule has 3 N–H and O–H groups in total. The molecule has 1 amide bonds. The van der Waals surface area contributed by atoms with Crippen LogP contribution in [0.3, 0.4) is 0 Å². The van der Waals surface area contributed by atoms with Crippen molar-refractivity contribution in [3.8, 4) is 11.5 Å². The van der Waals surface area contributed by atoms with E-state index < -0.39 is 5.54 Å². The van der Waals surface area contributed by atoms with Gasteiger partial charge < -0.3 is 15.6 Å². The minimum atomic E-state index is -0.467. The lowest BCUT2D eigenvalue weighted by atomic mass is 9.77. The standard InChI is InChI=1S/C20H20N4O2S/c21-20(8-2-9-20)19-23-17(26-24-19)15-7-10-27-18(15)22-16(25)14-6-5-12-3-1-4-13(12)11-14/h5-7,10-11H,1-4,8-9,21H2,(H,22,25). The molecule has 0 aliphatic heterocycles. The third-order valence-corrected chi connectivity index (χ3v) is 6.43. The molecule has 6 nitrogen and oxygen atoms in total. The molecule has 138 valence electrons. The van der Waals surface area contributed by atoms with E-state index in [9.17, 15) is 4.79 Å². The van der Waals surface area contributed by atoms with Crippen LogP contribution >= 0.6 is 11.3 Å². The van der Waals surface area contributed by atoms with Crippen LogP contribution in [-0.2, 0) is 18.4 Å². The molecule has 0 saturated heterocycles. The summed E-state index contributed by atoms with van der Waals surface area (Å²) in [5, 5.41) is 9.66. The van der Waals surface area contributed by atoms with Gasteiger partial charge in [-0.15, -0.1) is 11.3 Å². The van der Waals surface area contributed by atoms with Gasteiger partial charge in [0.15, 0.2) is 5.82 Å². The first kappa shape index (κ1) is 16.6. The summed E-state index contributed by atoms with van der Waals surface area (Å²) in [7, 11) is 0. The number of hydrogen-bond donors (Lipinski definition) is 2. The monoisotopic (exact) mass is 380 g/mol. The van der Waals surface area contributed by atoms with E-state index in [1.54, 1.807) is 0 Å². The Hall–Kier alpha value is -2.51. The zero-order valence-electron chi connectivity index (χ0n) is 14.8. The van der Waals surface area contributed by atoms with Gasteiger partial charge in [0.2, 0.25) is 0 Å². The van der Waals surface area contributed by atoms with Gasteiger partial charge >= 0.3 is 0 Å². The van der Waals surface area contributed by atoms with E-state index in [-0.39, 0.29) is 5.91 Å². The summed E-state index contributed by atoms with van der Waals surface area (Å²) in [6, 6.07) is 7.84. The van der Waals surface area contributed by atoms with Gasteiger partial charge in [0, 0.05) is 5.56 Å². The molecule has 0 radical (unpaired) electrons. The van der Waals surface area contributed by atoms with E-state index in [1.165, 1.54) is 22.5 Å². The number of benzene rings is 1. The summed E-state index contributed by atoms with van der Waals surface area (Å²) in [5.41, 5.74) is 9.86. The second kappa shape index (κ2) is 6.28. The molecular formula is C20H20N4O2S. The van der Waals surface area contributed by atoms with Crippen molar-refractivity contribution in [3.63, 3.8) is 0 Å². The predicted molar refractivity (Wildman–Crippen MR) is 104 cm³/mol. The number of nitrogens with two attached hydrogens (primary N) is 1. The lowest BCUT2D eigenvalue weighted by Crippen LogP contribution is -2.44. The number of aromatic nitrogens is 2. The Morgan fingerprint density at radius 1 is 1.19 bits per heavy atom. The zero-order chi connectivity index (χ0) is 18.4. The summed E-state index contributed by atoms with van der Waals surface area (Å²) in [5.74, 6) is 0.820. The molecule has 0 spiro atoms. The van der Waals surface area contributed by atoms with Gasteiger partial charge in [-0.2, -0.15) is 4.98 Å². The minimum absolute atomic E-state index is 0.123. The molecule has 3 aromatic rings. The van der Waals surface area contributed by atoms with Crippen LogP contribution in [0.1, 0.15) is 53.0 Å². The average Bonchev–Trinajstić information content (AvgIpc) is 3.38. The van der Waals surface area contributed by atoms with Gasteiger partial charge in [0.05, 0.1) is 11.1 Å². The van der Waals surface area contributed by atoms with E-state index in [0.29, 0.717) is 22.3 Å². The number of rotatable bonds is 4. The largest absolute Gasteiger partial charge is 0.334 e. The van der Waals surface area contributed by atoms with Crippen molar-refractivity contribution in [3.05, 3.63) is 52.2 Å². The highest BCUT2D eigenvalue weighted by atomic mass is 32.1. The molecule has 5 rings (SSSR count). The van der Waals surface area contributed by atoms with Gasteiger partial charge in [-0.1, -0.05) is 11.2 Å². The fourth-order valence-corrected chi connectivity index (χ4v) is 4.55. The smallest absolute Gasteiger partial charge is 0.260 e. The minimum Gasteiger partial charge on any atom is -0.334 e. The Labute approximate surface area is 160 Å². The predicted octanol–water partition coefficient (Wildman–Crippen LogP) is 3.88. The molecule has 1 aromatic carbocycles. The molecule has 2 aliphatic rings. The van der Waals surface area contributed by atoms with Gasteiger partial charge in [0.25, 0.3) is 11.8 Å². The molecule has 0 atom stereocenters. The first-order valence-electron chi connectivity index (χ1n) is 9.26. The summed E-state index contributed by atoms with van der Waals surface area (Å²) in [4.78, 5) is 17.2. The van der Waals surface area contributed by atoms with Gasteiger partial charge in [-0.05, 0) is 73.2 Å². The van der Waals surface area contributed by atoms with Crippen LogP contribution in [0.25, 0.3) is 11.5 Å². The van der Waals surface area contributed by atoms with E-state index in [0.717, 1.165) is 44.1 Å². The van der Waals surface area contributed by atoms with Crippen LogP contribution in [0, 0.1) is 0 Å². The number of anilines is 1. The number of aryl methyl sites for hydroxylation is 2. The topological polar surface area (TPSA) is 94.0 Å². The molecule has 0 unspecified atom stereocenters. The quantitative estimate of drug-likeness (QED) is 0.716. The maximum Gasteiger partial charge on any atom is 0.260 e. The second-order valence-electron chi connectivity index (χ2n) is 7.39. The van der Waals surface area contributed by atoms with Crippen LogP contribution in [0.15, 0.2) is 34.2 Å². The van der Waals surface area contributed by atoms with Gasteiger partial charge in [-0.3, -0.25) is 4.79 Å². The van der Waals surface area contributed by atoms with Crippen molar-refractivity contribution in [1.82, 2.24) is 10.1 Å². The highest BCUT2D eigenvalue weighted by Gasteiger charge is 2.39. The van der Waals surface area contributed by atoms with Crippen molar-refractivity contribution >= 4 is 22.2 Å². The highest BCUT2D eigenvalue weighted by molar-refractivity contribution is 7.15. The lowest BCUT2D eigenvalue weighted by molar-refractivity contribution is 0.102. The molecule has 27 heavy (non-hydrogen) atoms. The fourth-order valence-electron chi connectivity index (χ4n) is 3.78. The van der Waals surface area contributed by atoms with E-state index in [4.69, 9.17) is 10.3 Å². The molecule has 1 fully saturated rings. The summed E-state index contributed by atoms with van der Waals surface area (Å²) < 4.78 is 5.43. The zero-order valence-corrected chi connectivity index (χ0v) is 15.6. The second-order valence-corrected chi connectivity index (χ2v) is 8.30. The Morgan fingerprint density at radius 2 is 2.04 bits per heavy atom. The Morgan fingerprint density at radius 3 is 2.85 bits per heavy atom. The number of carbonyl (C=O) groups is 1. The van der Waals surface area contributed by atoms with Crippen molar-refractivity contribution in [2.24, 2.45) is 5.73 Å². The van der Waals surface area contributed by atoms with Crippen LogP contribution < -0.4 is 11.1 Å². The van der Waals surface area contributed by atoms with Crippen LogP contribution in [0.4, 0.5) is 5.00 Å². The molecule has 0 bridgehead atoms. The van der Waals surface area contributed by atoms with Crippen LogP contribution in [0.2, 0.25) is 0 Å². The number of nitrogens with one attached hydrogen (secondary N) is 1. The average molecular weight is 380 g/mol.